The second-order valence-electron chi connectivity index (χ2n) is 9.89. The number of fused-ring (bicyclic) bond motifs is 2. The van der Waals surface area contributed by atoms with E-state index >= 15 is 0 Å². The van der Waals surface area contributed by atoms with Crippen LogP contribution in [0.2, 0.25) is 0 Å². The van der Waals surface area contributed by atoms with Crippen LogP contribution in [-0.4, -0.2) is 55.2 Å². The number of carbonyl (C=O) groups is 2. The van der Waals surface area contributed by atoms with E-state index in [1.165, 1.54) is 32.1 Å². The molecule has 1 aromatic carbocycles. The van der Waals surface area contributed by atoms with Crippen molar-refractivity contribution in [3.63, 3.8) is 0 Å². The SMILES string of the molecule is O=C(N[C@@H]1CN(C(=O)c2cccn3cncc23)CC[C@H]1C1CCCCC1)c1nc2ccccc2[nH]1. The molecule has 0 spiro atoms. The van der Waals surface area contributed by atoms with Crippen molar-refractivity contribution in [3.05, 3.63) is 66.5 Å². The first kappa shape index (κ1) is 21.8. The van der Waals surface area contributed by atoms with Gasteiger partial charge in [-0.25, -0.2) is 9.97 Å². The van der Waals surface area contributed by atoms with Gasteiger partial charge in [0.05, 0.1) is 40.7 Å². The number of nitrogens with one attached hydrogen (secondary N) is 2. The number of pyridine rings is 1. The number of imidazole rings is 2. The predicted molar refractivity (Wildman–Crippen MR) is 133 cm³/mol. The third-order valence-corrected chi connectivity index (χ3v) is 7.81. The summed E-state index contributed by atoms with van der Waals surface area (Å²) in [7, 11) is 0. The third kappa shape index (κ3) is 4.17. The standard InChI is InChI=1S/C27H30N6O2/c34-26(25-29-21-10-4-5-11-22(21)30-25)31-23-16-32(14-12-19(23)18-7-2-1-3-8-18)27(35)20-9-6-13-33-17-28-15-24(20)33/h4-6,9-11,13,15,17-19,23H,1-3,7-8,12,14,16H2,(H,29,30)(H,31,34)/t19-,23+/m0/s1. The second-order valence-corrected chi connectivity index (χ2v) is 9.89. The normalized spacial score (nSPS) is 21.4. The molecule has 2 aliphatic rings. The van der Waals surface area contributed by atoms with Crippen LogP contribution in [0.3, 0.4) is 0 Å². The summed E-state index contributed by atoms with van der Waals surface area (Å²) in [5, 5.41) is 3.27. The number of carbonyl (C=O) groups excluding carboxylic acids is 2. The molecule has 2 atom stereocenters. The molecule has 0 unspecified atom stereocenters. The van der Waals surface area contributed by atoms with Crippen LogP contribution in [0.1, 0.15) is 59.5 Å². The Morgan fingerprint density at radius 3 is 2.74 bits per heavy atom. The van der Waals surface area contributed by atoms with Crippen molar-refractivity contribution in [2.45, 2.75) is 44.6 Å². The zero-order chi connectivity index (χ0) is 23.8. The summed E-state index contributed by atoms with van der Waals surface area (Å²) >= 11 is 0. The number of piperidine rings is 1. The summed E-state index contributed by atoms with van der Waals surface area (Å²) in [5.41, 5.74) is 3.06. The molecule has 0 bridgehead atoms. The summed E-state index contributed by atoms with van der Waals surface area (Å²) in [6.45, 7) is 1.20. The van der Waals surface area contributed by atoms with E-state index in [1.807, 2.05) is 51.9 Å². The van der Waals surface area contributed by atoms with Crippen LogP contribution in [-0.2, 0) is 0 Å². The number of benzene rings is 1. The minimum Gasteiger partial charge on any atom is -0.345 e. The predicted octanol–water partition coefficient (Wildman–Crippen LogP) is 4.05. The Kier molecular flexibility index (Phi) is 5.72. The maximum atomic E-state index is 13.6. The Labute approximate surface area is 203 Å². The highest BCUT2D eigenvalue weighted by molar-refractivity contribution is 6.00. The lowest BCUT2D eigenvalue weighted by Crippen LogP contribution is -2.56. The van der Waals surface area contributed by atoms with Crippen LogP contribution >= 0.6 is 0 Å². The number of para-hydroxylation sites is 2. The molecule has 6 rings (SSSR count). The largest absolute Gasteiger partial charge is 0.345 e. The molecule has 4 aromatic rings. The minimum absolute atomic E-state index is 0.0128. The summed E-state index contributed by atoms with van der Waals surface area (Å²) in [4.78, 5) is 40.6. The Bertz CT molecular complexity index is 1340. The molecular formula is C27H30N6O2. The molecule has 8 heteroatoms. The molecule has 3 aromatic heterocycles. The van der Waals surface area contributed by atoms with Crippen LogP contribution in [0.4, 0.5) is 0 Å². The van der Waals surface area contributed by atoms with E-state index in [9.17, 15) is 9.59 Å². The Hall–Kier alpha value is -3.68. The minimum atomic E-state index is -0.209. The van der Waals surface area contributed by atoms with Gasteiger partial charge in [-0.15, -0.1) is 0 Å². The van der Waals surface area contributed by atoms with E-state index in [1.54, 1.807) is 12.5 Å². The van der Waals surface area contributed by atoms with E-state index < -0.39 is 0 Å². The van der Waals surface area contributed by atoms with Gasteiger partial charge in [0, 0.05) is 19.3 Å². The zero-order valence-electron chi connectivity index (χ0n) is 19.7. The van der Waals surface area contributed by atoms with Crippen LogP contribution in [0.25, 0.3) is 16.6 Å². The van der Waals surface area contributed by atoms with Crippen molar-refractivity contribution in [2.75, 3.05) is 13.1 Å². The van der Waals surface area contributed by atoms with Gasteiger partial charge in [-0.05, 0) is 42.5 Å². The first-order valence-electron chi connectivity index (χ1n) is 12.6. The molecular weight excluding hydrogens is 440 g/mol. The second kappa shape index (κ2) is 9.17. The monoisotopic (exact) mass is 470 g/mol. The third-order valence-electron chi connectivity index (χ3n) is 7.81. The smallest absolute Gasteiger partial charge is 0.287 e. The summed E-state index contributed by atoms with van der Waals surface area (Å²) in [6, 6.07) is 11.3. The molecule has 2 amide bonds. The first-order valence-corrected chi connectivity index (χ1v) is 12.6. The van der Waals surface area contributed by atoms with Gasteiger partial charge in [0.1, 0.15) is 0 Å². The molecule has 1 saturated heterocycles. The lowest BCUT2D eigenvalue weighted by molar-refractivity contribution is 0.0515. The molecule has 4 heterocycles. The highest BCUT2D eigenvalue weighted by Crippen LogP contribution is 2.36. The molecule has 0 radical (unpaired) electrons. The van der Waals surface area contributed by atoms with Gasteiger partial charge in [-0.1, -0.05) is 44.2 Å². The summed E-state index contributed by atoms with van der Waals surface area (Å²) < 4.78 is 1.86. The number of hydrogen-bond donors (Lipinski definition) is 2. The van der Waals surface area contributed by atoms with E-state index in [0.717, 1.165) is 23.0 Å². The lowest BCUT2D eigenvalue weighted by atomic mass is 9.73. The maximum absolute atomic E-state index is 13.6. The molecule has 1 saturated carbocycles. The van der Waals surface area contributed by atoms with Crippen molar-refractivity contribution in [3.8, 4) is 0 Å². The molecule has 1 aliphatic heterocycles. The molecule has 1 aliphatic carbocycles. The van der Waals surface area contributed by atoms with Crippen molar-refractivity contribution in [1.82, 2.24) is 29.6 Å². The van der Waals surface area contributed by atoms with Gasteiger partial charge in [0.2, 0.25) is 0 Å². The van der Waals surface area contributed by atoms with Crippen LogP contribution in [0, 0.1) is 11.8 Å². The summed E-state index contributed by atoms with van der Waals surface area (Å²) in [5.74, 6) is 1.04. The number of nitrogens with zero attached hydrogens (tertiary/aromatic N) is 4. The fraction of sp³-hybridized carbons (Fsp3) is 0.407. The Balaban J connectivity index is 1.25. The van der Waals surface area contributed by atoms with Gasteiger partial charge >= 0.3 is 0 Å². The van der Waals surface area contributed by atoms with Gasteiger partial charge < -0.3 is 19.6 Å². The number of aromatic nitrogens is 4. The number of aromatic amines is 1. The quantitative estimate of drug-likeness (QED) is 0.470. The number of hydrogen-bond acceptors (Lipinski definition) is 4. The number of H-pyrrole nitrogens is 1. The Morgan fingerprint density at radius 1 is 1.03 bits per heavy atom. The van der Waals surface area contributed by atoms with Gasteiger partial charge in [0.25, 0.3) is 11.8 Å². The first-order chi connectivity index (χ1) is 17.2. The van der Waals surface area contributed by atoms with Crippen molar-refractivity contribution in [1.29, 1.82) is 0 Å². The Morgan fingerprint density at radius 2 is 1.89 bits per heavy atom. The molecule has 35 heavy (non-hydrogen) atoms. The average molecular weight is 471 g/mol. The van der Waals surface area contributed by atoms with Gasteiger partial charge in [-0.2, -0.15) is 0 Å². The van der Waals surface area contributed by atoms with Crippen molar-refractivity contribution >= 4 is 28.4 Å². The van der Waals surface area contributed by atoms with Gasteiger partial charge in [0.15, 0.2) is 5.82 Å². The van der Waals surface area contributed by atoms with Crippen molar-refractivity contribution in [2.24, 2.45) is 11.8 Å². The van der Waals surface area contributed by atoms with Crippen LogP contribution < -0.4 is 5.32 Å². The molecule has 8 nitrogen and oxygen atoms in total. The van der Waals surface area contributed by atoms with Crippen LogP contribution in [0.5, 0.6) is 0 Å². The van der Waals surface area contributed by atoms with E-state index in [4.69, 9.17) is 0 Å². The van der Waals surface area contributed by atoms with Gasteiger partial charge in [-0.3, -0.25) is 9.59 Å². The number of rotatable bonds is 4. The molecule has 180 valence electrons. The summed E-state index contributed by atoms with van der Waals surface area (Å²) in [6.07, 6.45) is 12.4. The van der Waals surface area contributed by atoms with Crippen molar-refractivity contribution < 1.29 is 9.59 Å². The zero-order valence-corrected chi connectivity index (χ0v) is 19.7. The number of likely N-dealkylation sites (tertiary alicyclic amines) is 1. The molecule has 2 fully saturated rings. The van der Waals surface area contributed by atoms with E-state index in [0.29, 0.717) is 36.3 Å². The topological polar surface area (TPSA) is 95.4 Å². The molecule has 2 N–H and O–H groups in total. The fourth-order valence-corrected chi connectivity index (χ4v) is 6.03. The maximum Gasteiger partial charge on any atom is 0.287 e. The lowest BCUT2D eigenvalue weighted by Gasteiger charge is -2.43. The fourth-order valence-electron chi connectivity index (χ4n) is 6.03. The van der Waals surface area contributed by atoms with E-state index in [-0.39, 0.29) is 17.9 Å². The number of amides is 2. The highest BCUT2D eigenvalue weighted by Gasteiger charge is 2.38. The highest BCUT2D eigenvalue weighted by atomic mass is 16.2. The van der Waals surface area contributed by atoms with Crippen LogP contribution in [0.15, 0.2) is 55.1 Å². The van der Waals surface area contributed by atoms with E-state index in [2.05, 4.69) is 20.3 Å². The average Bonchev–Trinajstić information content (AvgIpc) is 3.56.